The highest BCUT2D eigenvalue weighted by molar-refractivity contribution is 4.87. The molecular weight excluding hydrogens is 596 g/mol. The molecule has 0 bridgehead atoms. The van der Waals surface area contributed by atoms with Gasteiger partial charge in [0, 0.05) is 26.1 Å². The molecule has 4 unspecified atom stereocenters. The maximum atomic E-state index is 13.2. The molecule has 0 heterocycles. The van der Waals surface area contributed by atoms with Gasteiger partial charge >= 0.3 is 24.7 Å². The Morgan fingerprint density at radius 2 is 0.805 bits per heavy atom. The molecule has 0 saturated heterocycles. The number of rotatable bonds is 20. The van der Waals surface area contributed by atoms with Crippen LogP contribution in [0, 0.1) is 0 Å². The van der Waals surface area contributed by atoms with E-state index in [-0.39, 0.29) is 26.1 Å². The molecule has 0 aromatic rings. The molecule has 17 heteroatoms. The van der Waals surface area contributed by atoms with Crippen molar-refractivity contribution in [3.63, 3.8) is 0 Å². The molecular formula is C24H34F12O5. The lowest BCUT2D eigenvalue weighted by Crippen LogP contribution is -2.40. The van der Waals surface area contributed by atoms with Gasteiger partial charge in [-0.1, -0.05) is 26.7 Å². The smallest absolute Gasteiger partial charge is 0.416 e. The molecule has 4 atom stereocenters. The average Bonchev–Trinajstić information content (AvgIpc) is 2.81. The van der Waals surface area contributed by atoms with Crippen molar-refractivity contribution in [3.8, 4) is 0 Å². The van der Waals surface area contributed by atoms with E-state index < -0.39 is 75.2 Å². The van der Waals surface area contributed by atoms with Crippen LogP contribution in [0.25, 0.3) is 0 Å². The molecule has 0 aromatic heterocycles. The molecule has 0 rings (SSSR count). The molecule has 0 aliphatic heterocycles. The Labute approximate surface area is 229 Å². The zero-order valence-corrected chi connectivity index (χ0v) is 22.3. The van der Waals surface area contributed by atoms with Gasteiger partial charge in [0.05, 0.1) is 25.7 Å². The van der Waals surface area contributed by atoms with Crippen LogP contribution < -0.4 is 0 Å². The van der Waals surface area contributed by atoms with Gasteiger partial charge in [-0.3, -0.25) is 0 Å². The number of unbranched alkanes of at least 4 members (excludes halogenated alkanes) is 2. The van der Waals surface area contributed by atoms with E-state index in [9.17, 15) is 52.7 Å². The molecule has 244 valence electrons. The Bertz CT molecular complexity index is 673. The van der Waals surface area contributed by atoms with Crippen LogP contribution in [0.4, 0.5) is 52.7 Å². The van der Waals surface area contributed by atoms with E-state index >= 15 is 0 Å². The number of hydrogen-bond acceptors (Lipinski definition) is 5. The monoisotopic (exact) mass is 630 g/mol. The van der Waals surface area contributed by atoms with Gasteiger partial charge in [-0.2, -0.15) is 52.7 Å². The predicted octanol–water partition coefficient (Wildman–Crippen LogP) is 8.20. The molecule has 0 amide bonds. The molecule has 0 saturated carbocycles. The van der Waals surface area contributed by atoms with Crippen molar-refractivity contribution in [2.45, 2.75) is 101 Å². The van der Waals surface area contributed by atoms with Gasteiger partial charge in [-0.05, 0) is 25.0 Å². The Morgan fingerprint density at radius 1 is 0.488 bits per heavy atom. The van der Waals surface area contributed by atoms with Crippen molar-refractivity contribution in [1.82, 2.24) is 0 Å². The number of hydrogen-bond donors (Lipinski definition) is 0. The minimum atomic E-state index is -5.06. The van der Waals surface area contributed by atoms with E-state index in [1.807, 2.05) is 0 Å². The highest BCUT2D eigenvalue weighted by atomic mass is 19.4. The first kappa shape index (κ1) is 39.3. The topological polar surface area (TPSA) is 46.2 Å². The summed E-state index contributed by atoms with van der Waals surface area (Å²) in [5.41, 5.74) is 0. The van der Waals surface area contributed by atoms with E-state index in [4.69, 9.17) is 0 Å². The van der Waals surface area contributed by atoms with E-state index in [2.05, 4.69) is 23.7 Å². The fourth-order valence-electron chi connectivity index (χ4n) is 2.73. The minimum Gasteiger partial charge on any atom is -0.473 e. The maximum Gasteiger partial charge on any atom is 0.416 e. The van der Waals surface area contributed by atoms with Crippen LogP contribution in [0.15, 0.2) is 24.7 Å². The second-order valence-corrected chi connectivity index (χ2v) is 8.59. The van der Waals surface area contributed by atoms with Crippen LogP contribution in [0.5, 0.6) is 0 Å². The standard InChI is InChI=1S/C24H34F12O5/c1-3-5-13-38-19(23(31,32)33)15-40-17(21(25,26)27)9-7-11-37-12-8-10-18(22(28,29)30)41-16-20(24(34,35)36)39-14-6-4-2/h7-8,11-12,17-20H,3-6,9-10,13-16H2,1-2H3. The van der Waals surface area contributed by atoms with Gasteiger partial charge in [-0.15, -0.1) is 0 Å². The summed E-state index contributed by atoms with van der Waals surface area (Å²) in [6.45, 7) is -0.180. The van der Waals surface area contributed by atoms with Crippen molar-refractivity contribution in [1.29, 1.82) is 0 Å². The predicted molar refractivity (Wildman–Crippen MR) is 122 cm³/mol. The van der Waals surface area contributed by atoms with Gasteiger partial charge in [0.15, 0.2) is 24.4 Å². The van der Waals surface area contributed by atoms with Crippen LogP contribution in [0.3, 0.4) is 0 Å². The molecule has 0 aromatic carbocycles. The van der Waals surface area contributed by atoms with E-state index in [0.717, 1.165) is 0 Å². The Balaban J connectivity index is 4.96. The first-order chi connectivity index (χ1) is 18.8. The zero-order chi connectivity index (χ0) is 31.7. The Kier molecular flexibility index (Phi) is 18.0. The highest BCUT2D eigenvalue weighted by Gasteiger charge is 2.46. The molecule has 0 spiro atoms. The number of halogens is 12. The van der Waals surface area contributed by atoms with Gasteiger partial charge in [0.25, 0.3) is 0 Å². The molecule has 0 radical (unpaired) electrons. The minimum absolute atomic E-state index is 0.250. The van der Waals surface area contributed by atoms with Crippen LogP contribution in [-0.4, -0.2) is 75.5 Å². The zero-order valence-electron chi connectivity index (χ0n) is 22.3. The van der Waals surface area contributed by atoms with E-state index in [0.29, 0.717) is 37.5 Å². The third-order valence-electron chi connectivity index (χ3n) is 5.04. The largest absolute Gasteiger partial charge is 0.473 e. The van der Waals surface area contributed by atoms with Crippen LogP contribution in [0.1, 0.15) is 52.4 Å². The first-order valence-electron chi connectivity index (χ1n) is 12.5. The molecule has 41 heavy (non-hydrogen) atoms. The van der Waals surface area contributed by atoms with Gasteiger partial charge < -0.3 is 23.7 Å². The summed E-state index contributed by atoms with van der Waals surface area (Å²) >= 11 is 0. The Hall–Kier alpha value is -1.72. The summed E-state index contributed by atoms with van der Waals surface area (Å²) in [6.07, 6.45) is -28.4. The van der Waals surface area contributed by atoms with Crippen LogP contribution in [0.2, 0.25) is 0 Å². The fraction of sp³-hybridized carbons (Fsp3) is 0.833. The van der Waals surface area contributed by atoms with E-state index in [1.54, 1.807) is 13.8 Å². The third kappa shape index (κ3) is 18.4. The summed E-state index contributed by atoms with van der Waals surface area (Å²) in [5.74, 6) is 0. The van der Waals surface area contributed by atoms with Gasteiger partial charge in [-0.25, -0.2) is 0 Å². The van der Waals surface area contributed by atoms with Crippen molar-refractivity contribution < 1.29 is 76.4 Å². The summed E-state index contributed by atoms with van der Waals surface area (Å²) < 4.78 is 179. The second kappa shape index (κ2) is 18.7. The average molecular weight is 631 g/mol. The Morgan fingerprint density at radius 3 is 1.07 bits per heavy atom. The molecule has 5 nitrogen and oxygen atoms in total. The number of ether oxygens (including phenoxy) is 5. The molecule has 0 aliphatic carbocycles. The van der Waals surface area contributed by atoms with Crippen molar-refractivity contribution in [2.24, 2.45) is 0 Å². The molecule has 0 N–H and O–H groups in total. The summed E-state index contributed by atoms with van der Waals surface area (Å²) in [7, 11) is 0. The van der Waals surface area contributed by atoms with Gasteiger partial charge in [0.1, 0.15) is 0 Å². The lowest BCUT2D eigenvalue weighted by Gasteiger charge is -2.25. The van der Waals surface area contributed by atoms with Crippen molar-refractivity contribution >= 4 is 0 Å². The second-order valence-electron chi connectivity index (χ2n) is 8.59. The van der Waals surface area contributed by atoms with Crippen LogP contribution >= 0.6 is 0 Å². The lowest BCUT2D eigenvalue weighted by atomic mass is 10.2. The quantitative estimate of drug-likeness (QED) is 0.0771. The van der Waals surface area contributed by atoms with Gasteiger partial charge in [0.2, 0.25) is 0 Å². The lowest BCUT2D eigenvalue weighted by molar-refractivity contribution is -0.263. The normalized spacial score (nSPS) is 16.8. The SMILES string of the molecule is CCCCOC(COC(CC=COC=CCC(OCC(OCCCC)C(F)(F)F)C(F)(F)F)C(F)(F)F)C(F)(F)F. The highest BCUT2D eigenvalue weighted by Crippen LogP contribution is 2.30. The summed E-state index contributed by atoms with van der Waals surface area (Å²) in [6, 6.07) is 0. The molecule has 0 aliphatic rings. The fourth-order valence-corrected chi connectivity index (χ4v) is 2.73. The molecule has 0 fully saturated rings. The third-order valence-corrected chi connectivity index (χ3v) is 5.04. The van der Waals surface area contributed by atoms with Crippen molar-refractivity contribution in [3.05, 3.63) is 24.7 Å². The van der Waals surface area contributed by atoms with Crippen LogP contribution in [-0.2, 0) is 23.7 Å². The maximum absolute atomic E-state index is 13.2. The summed E-state index contributed by atoms with van der Waals surface area (Å²) in [5, 5.41) is 0. The van der Waals surface area contributed by atoms with E-state index in [1.165, 1.54) is 0 Å². The van der Waals surface area contributed by atoms with Crippen molar-refractivity contribution in [2.75, 3.05) is 26.4 Å². The number of alkyl halides is 12. The summed E-state index contributed by atoms with van der Waals surface area (Å²) in [4.78, 5) is 0. The first-order valence-corrected chi connectivity index (χ1v) is 12.5.